The molecule has 1 atom stereocenters. The van der Waals surface area contributed by atoms with Crippen molar-refractivity contribution in [2.75, 3.05) is 33.3 Å². The molecule has 0 radical (unpaired) electrons. The Labute approximate surface area is 135 Å². The van der Waals surface area contributed by atoms with E-state index in [4.69, 9.17) is 4.74 Å². The molecule has 130 valence electrons. The predicted molar refractivity (Wildman–Crippen MR) is 84.5 cm³/mol. The zero-order valence-corrected chi connectivity index (χ0v) is 13.5. The number of rotatable bonds is 7. The molecule has 3 nitrogen and oxygen atoms in total. The van der Waals surface area contributed by atoms with Crippen LogP contribution in [0.1, 0.15) is 24.8 Å². The molecule has 1 fully saturated rings. The monoisotopic (exact) mass is 330 g/mol. The number of likely N-dealkylation sites (tertiary alicyclic amines) is 1. The molecule has 0 saturated carbocycles. The molecule has 1 heterocycles. The number of methoxy groups -OCH3 is 1. The highest BCUT2D eigenvalue weighted by atomic mass is 19.4. The molecule has 23 heavy (non-hydrogen) atoms. The fourth-order valence-corrected chi connectivity index (χ4v) is 3.06. The predicted octanol–water partition coefficient (Wildman–Crippen LogP) is 3.45. The number of piperidine rings is 1. The number of benzene rings is 1. The van der Waals surface area contributed by atoms with Gasteiger partial charge in [0.1, 0.15) is 5.75 Å². The molecule has 2 rings (SSSR count). The highest BCUT2D eigenvalue weighted by Crippen LogP contribution is 2.22. The topological polar surface area (TPSA) is 24.5 Å². The first-order valence-electron chi connectivity index (χ1n) is 8.09. The van der Waals surface area contributed by atoms with Crippen LogP contribution in [0.5, 0.6) is 5.75 Å². The molecule has 0 aromatic heterocycles. The highest BCUT2D eigenvalue weighted by Gasteiger charge is 2.26. The molecule has 0 aliphatic carbocycles. The molecule has 0 amide bonds. The number of nitrogens with zero attached hydrogens (tertiary/aromatic N) is 1. The summed E-state index contributed by atoms with van der Waals surface area (Å²) in [7, 11) is 1.65. The van der Waals surface area contributed by atoms with Crippen LogP contribution in [0.25, 0.3) is 0 Å². The van der Waals surface area contributed by atoms with Gasteiger partial charge in [-0.15, -0.1) is 0 Å². The van der Waals surface area contributed by atoms with Crippen LogP contribution in [0.2, 0.25) is 0 Å². The lowest BCUT2D eigenvalue weighted by atomic mass is 9.94. The van der Waals surface area contributed by atoms with Gasteiger partial charge in [0.05, 0.1) is 13.7 Å². The minimum absolute atomic E-state index is 0.431. The van der Waals surface area contributed by atoms with Crippen molar-refractivity contribution < 1.29 is 17.9 Å². The second-order valence-electron chi connectivity index (χ2n) is 6.17. The average molecular weight is 330 g/mol. The van der Waals surface area contributed by atoms with Crippen molar-refractivity contribution >= 4 is 0 Å². The zero-order chi connectivity index (χ0) is 16.7. The van der Waals surface area contributed by atoms with Crippen molar-refractivity contribution in [3.8, 4) is 5.75 Å². The minimum atomic E-state index is -4.12. The van der Waals surface area contributed by atoms with Crippen LogP contribution in [0.15, 0.2) is 24.3 Å². The molecule has 1 N–H and O–H groups in total. The van der Waals surface area contributed by atoms with Gasteiger partial charge in [-0.1, -0.05) is 12.1 Å². The summed E-state index contributed by atoms with van der Waals surface area (Å²) in [6.07, 6.45) is -1.10. The fourth-order valence-electron chi connectivity index (χ4n) is 3.06. The first-order chi connectivity index (χ1) is 11.0. The van der Waals surface area contributed by atoms with Crippen molar-refractivity contribution in [3.05, 3.63) is 29.8 Å². The van der Waals surface area contributed by atoms with E-state index in [0.717, 1.165) is 44.6 Å². The summed E-state index contributed by atoms with van der Waals surface area (Å²) in [5.74, 6) is 1.32. The molecule has 1 aromatic rings. The molecule has 1 aliphatic heterocycles. The normalized spacial score (nSPS) is 19.7. The smallest absolute Gasteiger partial charge is 0.401 e. The van der Waals surface area contributed by atoms with Crippen LogP contribution in [0, 0.1) is 5.92 Å². The van der Waals surface area contributed by atoms with Gasteiger partial charge in [-0.25, -0.2) is 0 Å². The zero-order valence-electron chi connectivity index (χ0n) is 13.5. The second-order valence-corrected chi connectivity index (χ2v) is 6.17. The lowest BCUT2D eigenvalue weighted by molar-refractivity contribution is -0.124. The van der Waals surface area contributed by atoms with E-state index in [1.165, 1.54) is 5.56 Å². The van der Waals surface area contributed by atoms with Crippen molar-refractivity contribution in [3.63, 3.8) is 0 Å². The van der Waals surface area contributed by atoms with Crippen molar-refractivity contribution in [1.82, 2.24) is 10.2 Å². The molecule has 0 spiro atoms. The SMILES string of the molecule is COc1ccc(CN2CCCC(CCNCC(F)(F)F)C2)cc1. The number of hydrogen-bond donors (Lipinski definition) is 1. The number of halogens is 3. The van der Waals surface area contributed by atoms with E-state index >= 15 is 0 Å². The van der Waals surface area contributed by atoms with Gasteiger partial charge in [0.15, 0.2) is 0 Å². The van der Waals surface area contributed by atoms with Crippen LogP contribution < -0.4 is 10.1 Å². The molecular formula is C17H25F3N2O. The highest BCUT2D eigenvalue weighted by molar-refractivity contribution is 5.27. The summed E-state index contributed by atoms with van der Waals surface area (Å²) in [6, 6.07) is 8.04. The molecule has 0 bridgehead atoms. The third kappa shape index (κ3) is 6.79. The largest absolute Gasteiger partial charge is 0.497 e. The number of nitrogens with one attached hydrogen (secondary N) is 1. The van der Waals surface area contributed by atoms with E-state index < -0.39 is 12.7 Å². The Morgan fingerprint density at radius 3 is 2.65 bits per heavy atom. The quantitative estimate of drug-likeness (QED) is 0.775. The van der Waals surface area contributed by atoms with Crippen molar-refractivity contribution in [2.45, 2.75) is 32.0 Å². The summed E-state index contributed by atoms with van der Waals surface area (Å²) < 4.78 is 41.5. The Kier molecular flexibility index (Phi) is 6.72. The van der Waals surface area contributed by atoms with Crippen LogP contribution >= 0.6 is 0 Å². The number of ether oxygens (including phenoxy) is 1. The van der Waals surface area contributed by atoms with E-state index in [-0.39, 0.29) is 0 Å². The minimum Gasteiger partial charge on any atom is -0.497 e. The van der Waals surface area contributed by atoms with E-state index in [1.54, 1.807) is 7.11 Å². The Hall–Kier alpha value is -1.27. The van der Waals surface area contributed by atoms with Gasteiger partial charge in [-0.05, 0) is 56.0 Å². The fraction of sp³-hybridized carbons (Fsp3) is 0.647. The average Bonchev–Trinajstić information content (AvgIpc) is 2.52. The molecule has 1 unspecified atom stereocenters. The molecule has 1 aromatic carbocycles. The maximum Gasteiger partial charge on any atom is 0.401 e. The van der Waals surface area contributed by atoms with Gasteiger partial charge in [0.2, 0.25) is 0 Å². The van der Waals surface area contributed by atoms with Gasteiger partial charge >= 0.3 is 6.18 Å². The Morgan fingerprint density at radius 1 is 1.26 bits per heavy atom. The lowest BCUT2D eigenvalue weighted by Gasteiger charge is -2.33. The van der Waals surface area contributed by atoms with Gasteiger partial charge in [0.25, 0.3) is 0 Å². The Morgan fingerprint density at radius 2 is 2.00 bits per heavy atom. The van der Waals surface area contributed by atoms with Crippen molar-refractivity contribution in [2.24, 2.45) is 5.92 Å². The van der Waals surface area contributed by atoms with Gasteiger partial charge in [-0.3, -0.25) is 4.90 Å². The summed E-state index contributed by atoms with van der Waals surface area (Å²) in [5, 5.41) is 2.49. The standard InChI is InChI=1S/C17H25F3N2O/c1-23-16-6-4-15(5-7-16)12-22-10-2-3-14(11-22)8-9-21-13-17(18,19)20/h4-7,14,21H,2-3,8-13H2,1H3. The maximum atomic E-state index is 12.1. The Balaban J connectivity index is 1.72. The second kappa shape index (κ2) is 8.55. The molecular weight excluding hydrogens is 305 g/mol. The van der Waals surface area contributed by atoms with Crippen molar-refractivity contribution in [1.29, 1.82) is 0 Å². The van der Waals surface area contributed by atoms with E-state index in [1.807, 2.05) is 12.1 Å². The van der Waals surface area contributed by atoms with Gasteiger partial charge < -0.3 is 10.1 Å². The Bertz CT molecular complexity index is 462. The molecule has 6 heteroatoms. The van der Waals surface area contributed by atoms with E-state index in [2.05, 4.69) is 22.3 Å². The molecule has 1 aliphatic rings. The lowest BCUT2D eigenvalue weighted by Crippen LogP contribution is -2.37. The third-order valence-electron chi connectivity index (χ3n) is 4.22. The van der Waals surface area contributed by atoms with Crippen LogP contribution in [0.3, 0.4) is 0 Å². The first-order valence-corrected chi connectivity index (χ1v) is 8.09. The summed E-state index contributed by atoms with van der Waals surface area (Å²) in [5.41, 5.74) is 1.24. The van der Waals surface area contributed by atoms with Crippen LogP contribution in [0.4, 0.5) is 13.2 Å². The van der Waals surface area contributed by atoms with Crippen LogP contribution in [-0.4, -0.2) is 44.4 Å². The summed E-state index contributed by atoms with van der Waals surface area (Å²) in [6.45, 7) is 2.44. The number of hydrogen-bond acceptors (Lipinski definition) is 3. The summed E-state index contributed by atoms with van der Waals surface area (Å²) >= 11 is 0. The summed E-state index contributed by atoms with van der Waals surface area (Å²) in [4.78, 5) is 2.39. The third-order valence-corrected chi connectivity index (χ3v) is 4.22. The van der Waals surface area contributed by atoms with Crippen LogP contribution in [-0.2, 0) is 6.54 Å². The van der Waals surface area contributed by atoms with Gasteiger partial charge in [0, 0.05) is 13.1 Å². The van der Waals surface area contributed by atoms with Gasteiger partial charge in [-0.2, -0.15) is 13.2 Å². The van der Waals surface area contributed by atoms with E-state index in [0.29, 0.717) is 12.5 Å². The number of alkyl halides is 3. The maximum absolute atomic E-state index is 12.1. The van der Waals surface area contributed by atoms with E-state index in [9.17, 15) is 13.2 Å². The molecule has 1 saturated heterocycles. The first kappa shape index (κ1) is 18.1.